The monoisotopic (exact) mass is 370 g/mol. The fourth-order valence-electron chi connectivity index (χ4n) is 1.85. The first-order valence-electron chi connectivity index (χ1n) is 6.62. The molecule has 118 valence electrons. The van der Waals surface area contributed by atoms with Gasteiger partial charge >= 0.3 is 5.97 Å². The highest BCUT2D eigenvalue weighted by atomic mass is 79.9. The number of hydroxylamine groups is 2. The van der Waals surface area contributed by atoms with Crippen LogP contribution in [0.2, 0.25) is 0 Å². The first-order valence-corrected chi connectivity index (χ1v) is 7.41. The molecule has 7 nitrogen and oxygen atoms in total. The van der Waals surface area contributed by atoms with Crippen LogP contribution < -0.4 is 10.2 Å². The minimum absolute atomic E-state index is 0.281. The lowest BCUT2D eigenvalue weighted by atomic mass is 10.2. The van der Waals surface area contributed by atoms with Crippen molar-refractivity contribution in [3.8, 4) is 5.75 Å². The molecule has 22 heavy (non-hydrogen) atoms. The van der Waals surface area contributed by atoms with Crippen molar-refractivity contribution >= 4 is 33.7 Å². The summed E-state index contributed by atoms with van der Waals surface area (Å²) in [7, 11) is 1.42. The van der Waals surface area contributed by atoms with Crippen LogP contribution in [0.4, 0.5) is 0 Å². The minimum Gasteiger partial charge on any atom is -0.464 e. The molecule has 0 aliphatic carbocycles. The fraction of sp³-hybridized carbons (Fsp3) is 0.357. The van der Waals surface area contributed by atoms with Crippen LogP contribution in [-0.2, 0) is 19.1 Å². The Morgan fingerprint density at radius 1 is 1.50 bits per heavy atom. The quantitative estimate of drug-likeness (QED) is 0.475. The van der Waals surface area contributed by atoms with Crippen molar-refractivity contribution in [3.63, 3.8) is 0 Å². The van der Waals surface area contributed by atoms with E-state index in [9.17, 15) is 14.4 Å². The Morgan fingerprint density at radius 2 is 2.27 bits per heavy atom. The molecule has 1 saturated heterocycles. The van der Waals surface area contributed by atoms with Gasteiger partial charge in [-0.05, 0) is 18.2 Å². The Bertz CT molecular complexity index is 592. The van der Waals surface area contributed by atoms with E-state index in [0.29, 0.717) is 12.2 Å². The zero-order valence-electron chi connectivity index (χ0n) is 11.9. The lowest BCUT2D eigenvalue weighted by molar-refractivity contribution is -0.155. The smallest absolute Gasteiger partial charge is 0.328 e. The van der Waals surface area contributed by atoms with Crippen molar-refractivity contribution in [2.24, 2.45) is 0 Å². The predicted molar refractivity (Wildman–Crippen MR) is 79.7 cm³/mol. The van der Waals surface area contributed by atoms with E-state index in [2.05, 4.69) is 21.2 Å². The van der Waals surface area contributed by atoms with E-state index in [1.807, 2.05) is 6.07 Å². The number of carbonyl (C=O) groups is 3. The van der Waals surface area contributed by atoms with Gasteiger partial charge in [0.25, 0.3) is 5.91 Å². The van der Waals surface area contributed by atoms with E-state index in [1.165, 1.54) is 7.05 Å². The summed E-state index contributed by atoms with van der Waals surface area (Å²) >= 11 is 3.29. The Morgan fingerprint density at radius 3 is 2.91 bits per heavy atom. The molecule has 1 atom stereocenters. The summed E-state index contributed by atoms with van der Waals surface area (Å²) in [6, 6.07) is 6.29. The average molecular weight is 371 g/mol. The molecule has 1 heterocycles. The summed E-state index contributed by atoms with van der Waals surface area (Å²) in [5.41, 5.74) is 0. The number of halogens is 1. The van der Waals surface area contributed by atoms with Gasteiger partial charge in [-0.15, -0.1) is 0 Å². The summed E-state index contributed by atoms with van der Waals surface area (Å²) in [4.78, 5) is 40.2. The number of amides is 2. The molecule has 1 aromatic carbocycles. The second-order valence-corrected chi connectivity index (χ2v) is 5.61. The molecular formula is C14H15BrN2O5. The molecule has 1 unspecified atom stereocenters. The summed E-state index contributed by atoms with van der Waals surface area (Å²) in [5.74, 6) is -1.08. The molecule has 1 aromatic rings. The minimum atomic E-state index is -0.670. The maximum Gasteiger partial charge on any atom is 0.328 e. The van der Waals surface area contributed by atoms with Crippen LogP contribution in [0.15, 0.2) is 28.7 Å². The molecule has 1 aliphatic rings. The molecule has 0 radical (unpaired) electrons. The number of esters is 1. The van der Waals surface area contributed by atoms with Gasteiger partial charge in [0.15, 0.2) is 5.75 Å². The number of carbonyl (C=O) groups excluding carboxylic acids is 3. The van der Waals surface area contributed by atoms with E-state index >= 15 is 0 Å². The zero-order valence-corrected chi connectivity index (χ0v) is 13.5. The topological polar surface area (TPSA) is 84.9 Å². The molecule has 0 spiro atoms. The van der Waals surface area contributed by atoms with E-state index in [-0.39, 0.29) is 6.61 Å². The van der Waals surface area contributed by atoms with E-state index in [0.717, 1.165) is 9.54 Å². The van der Waals surface area contributed by atoms with Gasteiger partial charge in [0.2, 0.25) is 5.91 Å². The van der Waals surface area contributed by atoms with Crippen LogP contribution in [-0.4, -0.2) is 42.5 Å². The first-order chi connectivity index (χ1) is 10.5. The molecule has 0 bridgehead atoms. The zero-order chi connectivity index (χ0) is 16.1. The lowest BCUT2D eigenvalue weighted by Crippen LogP contribution is -2.41. The Labute approximate surface area is 135 Å². The van der Waals surface area contributed by atoms with Gasteiger partial charge in [-0.25, -0.2) is 4.79 Å². The van der Waals surface area contributed by atoms with Crippen LogP contribution in [0, 0.1) is 0 Å². The van der Waals surface area contributed by atoms with Crippen molar-refractivity contribution in [2.45, 2.75) is 18.9 Å². The number of hydrogen-bond acceptors (Lipinski definition) is 5. The molecule has 1 aliphatic heterocycles. The largest absolute Gasteiger partial charge is 0.464 e. The molecule has 0 saturated carbocycles. The second kappa shape index (κ2) is 7.26. The van der Waals surface area contributed by atoms with Gasteiger partial charge in [-0.2, -0.15) is 5.06 Å². The molecule has 2 rings (SSSR count). The molecule has 2 amide bonds. The third kappa shape index (κ3) is 4.45. The lowest BCUT2D eigenvalue weighted by Gasteiger charge is -2.18. The fourth-order valence-corrected chi connectivity index (χ4v) is 2.23. The number of hydrogen-bond donors (Lipinski definition) is 1. The van der Waals surface area contributed by atoms with Gasteiger partial charge in [-0.1, -0.05) is 22.0 Å². The van der Waals surface area contributed by atoms with Crippen LogP contribution in [0.25, 0.3) is 0 Å². The van der Waals surface area contributed by atoms with Gasteiger partial charge in [-0.3, -0.25) is 9.59 Å². The van der Waals surface area contributed by atoms with Crippen LogP contribution >= 0.6 is 15.9 Å². The maximum absolute atomic E-state index is 11.9. The molecule has 8 heteroatoms. The second-order valence-electron chi connectivity index (χ2n) is 4.69. The Hall–Kier alpha value is -2.09. The van der Waals surface area contributed by atoms with Crippen molar-refractivity contribution in [1.29, 1.82) is 0 Å². The van der Waals surface area contributed by atoms with Crippen molar-refractivity contribution in [3.05, 3.63) is 28.7 Å². The number of ether oxygens (including phenoxy) is 1. The average Bonchev–Trinajstić information content (AvgIpc) is 2.84. The van der Waals surface area contributed by atoms with E-state index in [1.54, 1.807) is 18.2 Å². The van der Waals surface area contributed by atoms with Crippen LogP contribution in [0.3, 0.4) is 0 Å². The molecule has 1 N–H and O–H groups in total. The molecule has 1 fully saturated rings. The highest BCUT2D eigenvalue weighted by Crippen LogP contribution is 2.18. The first kappa shape index (κ1) is 16.3. The van der Waals surface area contributed by atoms with Gasteiger partial charge < -0.3 is 14.9 Å². The van der Waals surface area contributed by atoms with Crippen molar-refractivity contribution in [2.75, 3.05) is 13.7 Å². The highest BCUT2D eigenvalue weighted by Gasteiger charge is 2.28. The highest BCUT2D eigenvalue weighted by molar-refractivity contribution is 9.10. The van der Waals surface area contributed by atoms with E-state index in [4.69, 9.17) is 9.57 Å². The van der Waals surface area contributed by atoms with E-state index < -0.39 is 30.2 Å². The van der Waals surface area contributed by atoms with Gasteiger partial charge in [0.1, 0.15) is 12.5 Å². The van der Waals surface area contributed by atoms with Crippen LogP contribution in [0.5, 0.6) is 5.75 Å². The third-order valence-corrected chi connectivity index (χ3v) is 3.47. The summed E-state index contributed by atoms with van der Waals surface area (Å²) in [6.45, 7) is 0.281. The Balaban J connectivity index is 1.83. The number of nitrogens with zero attached hydrogens (tertiary/aromatic N) is 1. The molecular weight excluding hydrogens is 356 g/mol. The van der Waals surface area contributed by atoms with Crippen molar-refractivity contribution < 1.29 is 24.0 Å². The van der Waals surface area contributed by atoms with Gasteiger partial charge in [0, 0.05) is 17.9 Å². The predicted octanol–water partition coefficient (Wildman–Crippen LogP) is 1.02. The van der Waals surface area contributed by atoms with Crippen molar-refractivity contribution in [1.82, 2.24) is 10.4 Å². The standard InChI is InChI=1S/C14H15BrN2O5/c1-17(22-10-4-2-3-9(15)7-10)13(19)8-12(18)16-11-5-6-21-14(11)20/h2-4,7,11H,5-6,8H2,1H3,(H,16,18). The SMILES string of the molecule is CN(Oc1cccc(Br)c1)C(=O)CC(=O)NC1CCOC1=O. The molecule has 0 aromatic heterocycles. The Kier molecular flexibility index (Phi) is 5.37. The van der Waals surface area contributed by atoms with Gasteiger partial charge in [0.05, 0.1) is 6.61 Å². The van der Waals surface area contributed by atoms with Crippen LogP contribution in [0.1, 0.15) is 12.8 Å². The number of cyclic esters (lactones) is 1. The summed E-state index contributed by atoms with van der Waals surface area (Å²) < 4.78 is 5.54. The number of rotatable bonds is 5. The third-order valence-electron chi connectivity index (χ3n) is 2.97. The summed E-state index contributed by atoms with van der Waals surface area (Å²) in [5, 5.41) is 3.44. The number of benzene rings is 1. The normalized spacial score (nSPS) is 16.8. The maximum atomic E-state index is 11.9. The summed E-state index contributed by atoms with van der Waals surface area (Å²) in [6.07, 6.45) is 0.0113. The number of nitrogens with one attached hydrogen (secondary N) is 1.